The summed E-state index contributed by atoms with van der Waals surface area (Å²) < 4.78 is 24.5. The summed E-state index contributed by atoms with van der Waals surface area (Å²) in [7, 11) is 0. The molecule has 1 aliphatic rings. The Morgan fingerprint density at radius 1 is 1.10 bits per heavy atom. The van der Waals surface area contributed by atoms with Gasteiger partial charge in [-0.15, -0.1) is 0 Å². The molecule has 0 radical (unpaired) electrons. The molecule has 2 aromatic carbocycles. The monoisotopic (exact) mass is 283 g/mol. The van der Waals surface area contributed by atoms with Gasteiger partial charge in [-0.1, -0.05) is 6.07 Å². The standard InChI is InChI=1S/C17H14FNO2/c18-13-2-4-15-12(8-13)9-16(21-15)17(19)11-1-3-14-10(7-11)5-6-20-14/h1-4,7-9,17H,5-6,19H2. The Hall–Kier alpha value is -2.33. The third kappa shape index (κ3) is 2.08. The van der Waals surface area contributed by atoms with E-state index in [0.717, 1.165) is 29.7 Å². The lowest BCUT2D eigenvalue weighted by molar-refractivity contribution is 0.357. The number of ether oxygens (including phenoxy) is 1. The molecule has 0 bridgehead atoms. The van der Waals surface area contributed by atoms with Gasteiger partial charge in [0.05, 0.1) is 12.6 Å². The van der Waals surface area contributed by atoms with Crippen molar-refractivity contribution in [1.82, 2.24) is 0 Å². The minimum atomic E-state index is -0.369. The molecule has 106 valence electrons. The van der Waals surface area contributed by atoms with E-state index >= 15 is 0 Å². The Kier molecular flexibility index (Phi) is 2.72. The van der Waals surface area contributed by atoms with Crippen LogP contribution in [0.1, 0.15) is 22.9 Å². The molecule has 0 saturated heterocycles. The predicted molar refractivity (Wildman–Crippen MR) is 77.8 cm³/mol. The third-order valence-electron chi connectivity index (χ3n) is 3.88. The first-order chi connectivity index (χ1) is 10.2. The van der Waals surface area contributed by atoms with Crippen molar-refractivity contribution in [2.75, 3.05) is 6.61 Å². The Bertz CT molecular complexity index is 825. The maximum absolute atomic E-state index is 13.2. The fourth-order valence-electron chi connectivity index (χ4n) is 2.75. The summed E-state index contributed by atoms with van der Waals surface area (Å²) in [4.78, 5) is 0. The maximum Gasteiger partial charge on any atom is 0.134 e. The number of hydrogen-bond donors (Lipinski definition) is 1. The van der Waals surface area contributed by atoms with Crippen LogP contribution >= 0.6 is 0 Å². The lowest BCUT2D eigenvalue weighted by atomic mass is 10.0. The van der Waals surface area contributed by atoms with Crippen LogP contribution in [0.3, 0.4) is 0 Å². The van der Waals surface area contributed by atoms with E-state index in [1.807, 2.05) is 12.1 Å². The van der Waals surface area contributed by atoms with Gasteiger partial charge in [0.15, 0.2) is 0 Å². The van der Waals surface area contributed by atoms with Crippen molar-refractivity contribution in [2.45, 2.75) is 12.5 Å². The molecule has 1 atom stereocenters. The van der Waals surface area contributed by atoms with E-state index in [2.05, 4.69) is 6.07 Å². The first kappa shape index (κ1) is 12.4. The SMILES string of the molecule is NC(c1ccc2c(c1)CCO2)c1cc2cc(F)ccc2o1. The molecule has 0 fully saturated rings. The van der Waals surface area contributed by atoms with Crippen LogP contribution in [-0.4, -0.2) is 6.61 Å². The number of benzene rings is 2. The second-order valence-corrected chi connectivity index (χ2v) is 5.27. The van der Waals surface area contributed by atoms with Crippen LogP contribution in [0, 0.1) is 5.82 Å². The largest absolute Gasteiger partial charge is 0.493 e. The predicted octanol–water partition coefficient (Wildman–Crippen LogP) is 3.55. The average molecular weight is 283 g/mol. The van der Waals surface area contributed by atoms with Gasteiger partial charge in [-0.3, -0.25) is 0 Å². The van der Waals surface area contributed by atoms with E-state index in [4.69, 9.17) is 14.9 Å². The number of rotatable bonds is 2. The molecule has 2 N–H and O–H groups in total. The van der Waals surface area contributed by atoms with Crippen molar-refractivity contribution in [3.05, 3.63) is 65.2 Å². The van der Waals surface area contributed by atoms with Crippen LogP contribution in [0.5, 0.6) is 5.75 Å². The molecule has 0 saturated carbocycles. The number of halogens is 1. The lowest BCUT2D eigenvalue weighted by Gasteiger charge is -2.10. The topological polar surface area (TPSA) is 48.4 Å². The fourth-order valence-corrected chi connectivity index (χ4v) is 2.75. The summed E-state index contributed by atoms with van der Waals surface area (Å²) in [6.07, 6.45) is 0.904. The number of hydrogen-bond acceptors (Lipinski definition) is 3. The average Bonchev–Trinajstić information content (AvgIpc) is 3.11. The van der Waals surface area contributed by atoms with Gasteiger partial charge in [0, 0.05) is 11.8 Å². The molecule has 4 rings (SSSR count). The molecule has 2 heterocycles. The van der Waals surface area contributed by atoms with Crippen molar-refractivity contribution < 1.29 is 13.5 Å². The van der Waals surface area contributed by atoms with Crippen LogP contribution in [-0.2, 0) is 6.42 Å². The third-order valence-corrected chi connectivity index (χ3v) is 3.88. The second-order valence-electron chi connectivity index (χ2n) is 5.27. The van der Waals surface area contributed by atoms with Crippen LogP contribution in [0.25, 0.3) is 11.0 Å². The van der Waals surface area contributed by atoms with Crippen LogP contribution < -0.4 is 10.5 Å². The molecule has 1 aliphatic heterocycles. The van der Waals surface area contributed by atoms with Crippen molar-refractivity contribution in [2.24, 2.45) is 5.73 Å². The molecule has 0 aliphatic carbocycles. The summed E-state index contributed by atoms with van der Waals surface area (Å²) in [6.45, 7) is 0.720. The molecular formula is C17H14FNO2. The fraction of sp³-hybridized carbons (Fsp3) is 0.176. The number of furan rings is 1. The first-order valence-corrected chi connectivity index (χ1v) is 6.91. The molecule has 1 unspecified atom stereocenters. The van der Waals surface area contributed by atoms with E-state index < -0.39 is 0 Å². The van der Waals surface area contributed by atoms with Gasteiger partial charge in [-0.05, 0) is 47.5 Å². The highest BCUT2D eigenvalue weighted by Gasteiger charge is 2.18. The van der Waals surface area contributed by atoms with Crippen LogP contribution in [0.2, 0.25) is 0 Å². The van der Waals surface area contributed by atoms with Crippen LogP contribution in [0.15, 0.2) is 46.9 Å². The van der Waals surface area contributed by atoms with Crippen molar-refractivity contribution >= 4 is 11.0 Å². The van der Waals surface area contributed by atoms with E-state index in [-0.39, 0.29) is 11.9 Å². The van der Waals surface area contributed by atoms with Gasteiger partial charge >= 0.3 is 0 Å². The Morgan fingerprint density at radius 3 is 2.90 bits per heavy atom. The van der Waals surface area contributed by atoms with E-state index in [0.29, 0.717) is 11.3 Å². The second kappa shape index (κ2) is 4.60. The van der Waals surface area contributed by atoms with Crippen molar-refractivity contribution in [1.29, 1.82) is 0 Å². The number of nitrogens with two attached hydrogens (primary N) is 1. The summed E-state index contributed by atoms with van der Waals surface area (Å²) in [5, 5.41) is 0.727. The zero-order valence-corrected chi connectivity index (χ0v) is 11.3. The minimum Gasteiger partial charge on any atom is -0.493 e. The van der Waals surface area contributed by atoms with E-state index in [9.17, 15) is 4.39 Å². The van der Waals surface area contributed by atoms with Gasteiger partial charge in [0.25, 0.3) is 0 Å². The van der Waals surface area contributed by atoms with Gasteiger partial charge in [-0.25, -0.2) is 4.39 Å². The zero-order chi connectivity index (χ0) is 14.4. The van der Waals surface area contributed by atoms with E-state index in [1.165, 1.54) is 17.7 Å². The molecular weight excluding hydrogens is 269 g/mol. The summed E-state index contributed by atoms with van der Waals surface area (Å²) in [5.74, 6) is 1.28. The molecule has 21 heavy (non-hydrogen) atoms. The molecule has 4 heteroatoms. The van der Waals surface area contributed by atoms with Crippen molar-refractivity contribution in [3.63, 3.8) is 0 Å². The molecule has 3 nitrogen and oxygen atoms in total. The van der Waals surface area contributed by atoms with Gasteiger partial charge < -0.3 is 14.9 Å². The Balaban J connectivity index is 1.73. The highest BCUT2D eigenvalue weighted by Crippen LogP contribution is 2.31. The maximum atomic E-state index is 13.2. The lowest BCUT2D eigenvalue weighted by Crippen LogP contribution is -2.10. The Labute approximate surface area is 121 Å². The molecule has 3 aromatic rings. The molecule has 1 aromatic heterocycles. The van der Waals surface area contributed by atoms with Crippen molar-refractivity contribution in [3.8, 4) is 5.75 Å². The quantitative estimate of drug-likeness (QED) is 0.782. The smallest absolute Gasteiger partial charge is 0.134 e. The summed E-state index contributed by atoms with van der Waals surface area (Å²) >= 11 is 0. The molecule has 0 spiro atoms. The first-order valence-electron chi connectivity index (χ1n) is 6.91. The summed E-state index contributed by atoms with van der Waals surface area (Å²) in [6, 6.07) is 11.8. The number of fused-ring (bicyclic) bond motifs is 2. The Morgan fingerprint density at radius 2 is 2.00 bits per heavy atom. The highest BCUT2D eigenvalue weighted by molar-refractivity contribution is 5.78. The summed E-state index contributed by atoms with van der Waals surface area (Å²) in [5.41, 5.74) is 9.07. The minimum absolute atomic E-state index is 0.280. The van der Waals surface area contributed by atoms with E-state index in [1.54, 1.807) is 12.1 Å². The van der Waals surface area contributed by atoms with Gasteiger partial charge in [-0.2, -0.15) is 0 Å². The molecule has 0 amide bonds. The van der Waals surface area contributed by atoms with Gasteiger partial charge in [0.1, 0.15) is 22.9 Å². The zero-order valence-electron chi connectivity index (χ0n) is 11.3. The highest BCUT2D eigenvalue weighted by atomic mass is 19.1. The van der Waals surface area contributed by atoms with Crippen LogP contribution in [0.4, 0.5) is 4.39 Å². The van der Waals surface area contributed by atoms with Gasteiger partial charge in [0.2, 0.25) is 0 Å². The normalized spacial score (nSPS) is 15.0.